The van der Waals surface area contributed by atoms with Crippen molar-refractivity contribution in [1.82, 2.24) is 15.2 Å². The molecule has 0 saturated carbocycles. The lowest BCUT2D eigenvalue weighted by molar-refractivity contribution is 0.415. The van der Waals surface area contributed by atoms with E-state index in [2.05, 4.69) is 20.5 Å². The van der Waals surface area contributed by atoms with Gasteiger partial charge in [-0.25, -0.2) is 4.98 Å². The van der Waals surface area contributed by atoms with Crippen LogP contribution in [0.4, 0.5) is 11.1 Å². The van der Waals surface area contributed by atoms with E-state index < -0.39 is 0 Å². The third-order valence-corrected chi connectivity index (χ3v) is 3.90. The van der Waals surface area contributed by atoms with Gasteiger partial charge in [-0.15, -0.1) is 5.10 Å². The zero-order valence-electron chi connectivity index (χ0n) is 11.4. The maximum Gasteiger partial charge on any atom is 0.322 e. The third kappa shape index (κ3) is 2.29. The van der Waals surface area contributed by atoms with Gasteiger partial charge in [0.05, 0.1) is 23.6 Å². The predicted molar refractivity (Wildman–Crippen MR) is 81.5 cm³/mol. The lowest BCUT2D eigenvalue weighted by atomic mass is 10.3. The molecule has 4 aromatic rings. The Bertz CT molecular complexity index is 913. The van der Waals surface area contributed by atoms with Crippen molar-refractivity contribution in [1.29, 1.82) is 0 Å². The molecule has 3 aromatic heterocycles. The zero-order valence-corrected chi connectivity index (χ0v) is 12.3. The number of nitrogens with zero attached hydrogens (tertiary/aromatic N) is 3. The molecule has 0 radical (unpaired) electrons. The van der Waals surface area contributed by atoms with E-state index in [4.69, 9.17) is 13.6 Å². The van der Waals surface area contributed by atoms with Crippen LogP contribution in [-0.2, 0) is 0 Å². The van der Waals surface area contributed by atoms with Crippen LogP contribution in [-0.4, -0.2) is 22.3 Å². The molecule has 1 aromatic carbocycles. The fraction of sp³-hybridized carbons (Fsp3) is 0.0714. The average molecular weight is 314 g/mol. The molecule has 0 aliphatic heterocycles. The van der Waals surface area contributed by atoms with Gasteiger partial charge in [0, 0.05) is 0 Å². The molecule has 110 valence electrons. The van der Waals surface area contributed by atoms with E-state index >= 15 is 0 Å². The van der Waals surface area contributed by atoms with Crippen molar-refractivity contribution in [2.45, 2.75) is 0 Å². The zero-order chi connectivity index (χ0) is 14.9. The van der Waals surface area contributed by atoms with Crippen molar-refractivity contribution in [2.24, 2.45) is 0 Å². The molecule has 0 spiro atoms. The second kappa shape index (κ2) is 5.15. The molecule has 0 saturated heterocycles. The predicted octanol–water partition coefficient (Wildman–Crippen LogP) is 3.69. The Balaban J connectivity index is 1.60. The van der Waals surface area contributed by atoms with Gasteiger partial charge in [0.2, 0.25) is 0 Å². The number of hydrogen-bond acceptors (Lipinski definition) is 8. The van der Waals surface area contributed by atoms with E-state index in [9.17, 15) is 0 Å². The molecule has 4 rings (SSSR count). The molecular weight excluding hydrogens is 304 g/mol. The molecule has 8 heteroatoms. The molecule has 0 bridgehead atoms. The topological polar surface area (TPSA) is 86.2 Å². The number of furan rings is 1. The van der Waals surface area contributed by atoms with Crippen molar-refractivity contribution in [3.63, 3.8) is 0 Å². The largest absolute Gasteiger partial charge is 0.497 e. The Hall–Kier alpha value is -2.87. The van der Waals surface area contributed by atoms with E-state index in [1.165, 1.54) is 11.3 Å². The summed E-state index contributed by atoms with van der Waals surface area (Å²) in [6.45, 7) is 0. The minimum absolute atomic E-state index is 0.262. The number of methoxy groups -OCH3 is 1. The van der Waals surface area contributed by atoms with Gasteiger partial charge in [0.1, 0.15) is 5.75 Å². The quantitative estimate of drug-likeness (QED) is 0.614. The summed E-state index contributed by atoms with van der Waals surface area (Å²) in [7, 11) is 1.63. The Morgan fingerprint density at radius 3 is 3.00 bits per heavy atom. The molecular formula is C14H10N4O3S. The second-order valence-corrected chi connectivity index (χ2v) is 5.40. The lowest BCUT2D eigenvalue weighted by Crippen LogP contribution is -1.88. The van der Waals surface area contributed by atoms with Crippen molar-refractivity contribution in [3.05, 3.63) is 36.6 Å². The van der Waals surface area contributed by atoms with Crippen LogP contribution in [0.3, 0.4) is 0 Å². The number of aromatic nitrogens is 3. The van der Waals surface area contributed by atoms with Gasteiger partial charge in [-0.05, 0) is 30.3 Å². The molecule has 3 heterocycles. The van der Waals surface area contributed by atoms with Gasteiger partial charge in [-0.2, -0.15) is 0 Å². The highest BCUT2D eigenvalue weighted by Crippen LogP contribution is 2.31. The SMILES string of the molecule is COc1ccc2nc(Nc3nnc(-c4ccco4)o3)sc2c1. The van der Waals surface area contributed by atoms with Crippen molar-refractivity contribution in [3.8, 4) is 17.4 Å². The molecule has 22 heavy (non-hydrogen) atoms. The first-order chi connectivity index (χ1) is 10.8. The highest BCUT2D eigenvalue weighted by Gasteiger charge is 2.12. The second-order valence-electron chi connectivity index (χ2n) is 4.37. The molecule has 0 atom stereocenters. The number of anilines is 2. The molecule has 0 unspecified atom stereocenters. The minimum Gasteiger partial charge on any atom is -0.497 e. The van der Waals surface area contributed by atoms with Crippen LogP contribution in [0, 0.1) is 0 Å². The van der Waals surface area contributed by atoms with E-state index in [0.29, 0.717) is 16.8 Å². The lowest BCUT2D eigenvalue weighted by Gasteiger charge is -1.96. The molecule has 0 fully saturated rings. The smallest absolute Gasteiger partial charge is 0.322 e. The number of benzene rings is 1. The molecule has 0 amide bonds. The molecule has 7 nitrogen and oxygen atoms in total. The van der Waals surface area contributed by atoms with E-state index in [1.54, 1.807) is 25.5 Å². The highest BCUT2D eigenvalue weighted by atomic mass is 32.1. The summed E-state index contributed by atoms with van der Waals surface area (Å²) >= 11 is 1.47. The molecule has 0 aliphatic rings. The number of ether oxygens (including phenoxy) is 1. The third-order valence-electron chi connectivity index (χ3n) is 2.97. The van der Waals surface area contributed by atoms with Gasteiger partial charge in [0.25, 0.3) is 5.89 Å². The summed E-state index contributed by atoms with van der Waals surface area (Å²) in [5.41, 5.74) is 0.874. The Morgan fingerprint density at radius 2 is 2.18 bits per heavy atom. The summed E-state index contributed by atoms with van der Waals surface area (Å²) in [6.07, 6.45) is 1.55. The van der Waals surface area contributed by atoms with Gasteiger partial charge in [0.15, 0.2) is 10.9 Å². The number of fused-ring (bicyclic) bond motifs is 1. The Kier molecular flexibility index (Phi) is 3.01. The van der Waals surface area contributed by atoms with Gasteiger partial charge in [-0.3, -0.25) is 5.32 Å². The maximum absolute atomic E-state index is 5.49. The average Bonchev–Trinajstić information content (AvgIpc) is 3.26. The van der Waals surface area contributed by atoms with E-state index in [-0.39, 0.29) is 6.01 Å². The first-order valence-corrected chi connectivity index (χ1v) is 7.22. The number of nitrogens with one attached hydrogen (secondary N) is 1. The van der Waals surface area contributed by atoms with Crippen molar-refractivity contribution < 1.29 is 13.6 Å². The first kappa shape index (κ1) is 12.8. The summed E-state index contributed by atoms with van der Waals surface area (Å²) in [5.74, 6) is 1.63. The van der Waals surface area contributed by atoms with Crippen LogP contribution in [0.5, 0.6) is 5.75 Å². The van der Waals surface area contributed by atoms with Crippen LogP contribution in [0.15, 0.2) is 45.4 Å². The van der Waals surface area contributed by atoms with Crippen LogP contribution in [0.25, 0.3) is 21.9 Å². The van der Waals surface area contributed by atoms with Crippen LogP contribution in [0.1, 0.15) is 0 Å². The van der Waals surface area contributed by atoms with Gasteiger partial charge in [-0.1, -0.05) is 16.4 Å². The monoisotopic (exact) mass is 314 g/mol. The first-order valence-electron chi connectivity index (χ1n) is 6.41. The fourth-order valence-electron chi connectivity index (χ4n) is 1.95. The van der Waals surface area contributed by atoms with Gasteiger partial charge >= 0.3 is 6.01 Å². The van der Waals surface area contributed by atoms with Crippen LogP contribution >= 0.6 is 11.3 Å². The fourth-order valence-corrected chi connectivity index (χ4v) is 2.83. The number of thiazole rings is 1. The van der Waals surface area contributed by atoms with Crippen molar-refractivity contribution >= 4 is 32.7 Å². The standard InChI is InChI=1S/C14H10N4O3S/c1-19-8-4-5-9-11(7-8)22-14(15-9)16-13-18-17-12(21-13)10-3-2-6-20-10/h2-7H,1H3,(H,15,16,18). The summed E-state index contributed by atoms with van der Waals surface area (Å²) < 4.78 is 16.9. The van der Waals surface area contributed by atoms with Crippen LogP contribution in [0.2, 0.25) is 0 Å². The molecule has 0 aliphatic carbocycles. The van der Waals surface area contributed by atoms with Gasteiger partial charge < -0.3 is 13.6 Å². The Labute approximate surface area is 128 Å². The molecule has 1 N–H and O–H groups in total. The summed E-state index contributed by atoms with van der Waals surface area (Å²) in [4.78, 5) is 4.46. The van der Waals surface area contributed by atoms with E-state index in [1.807, 2.05) is 18.2 Å². The van der Waals surface area contributed by atoms with E-state index in [0.717, 1.165) is 16.0 Å². The van der Waals surface area contributed by atoms with Crippen LogP contribution < -0.4 is 10.1 Å². The summed E-state index contributed by atoms with van der Waals surface area (Å²) in [6, 6.07) is 9.47. The van der Waals surface area contributed by atoms with Crippen molar-refractivity contribution in [2.75, 3.05) is 12.4 Å². The summed E-state index contributed by atoms with van der Waals surface area (Å²) in [5, 5.41) is 11.5. The highest BCUT2D eigenvalue weighted by molar-refractivity contribution is 7.22. The normalized spacial score (nSPS) is 11.0. The minimum atomic E-state index is 0.262. The Morgan fingerprint density at radius 1 is 1.23 bits per heavy atom. The maximum atomic E-state index is 5.49. The number of hydrogen-bond donors (Lipinski definition) is 1. The number of rotatable bonds is 4.